The van der Waals surface area contributed by atoms with Crippen molar-refractivity contribution in [1.29, 1.82) is 0 Å². The summed E-state index contributed by atoms with van der Waals surface area (Å²) in [7, 11) is 0. The van der Waals surface area contributed by atoms with Crippen LogP contribution in [-0.2, 0) is 0 Å². The average molecular weight is 390 g/mol. The summed E-state index contributed by atoms with van der Waals surface area (Å²) in [5, 5.41) is 9.00. The second kappa shape index (κ2) is 9.64. The van der Waals surface area contributed by atoms with Crippen molar-refractivity contribution in [3.8, 4) is 0 Å². The molecular weight excluding hydrogens is 364 g/mol. The zero-order chi connectivity index (χ0) is 20.6. The molecule has 150 valence electrons. The summed E-state index contributed by atoms with van der Waals surface area (Å²) in [6.45, 7) is 6.69. The Morgan fingerprint density at radius 2 is 2.07 bits per heavy atom. The predicted octanol–water partition coefficient (Wildman–Crippen LogP) is 4.44. The van der Waals surface area contributed by atoms with Gasteiger partial charge >= 0.3 is 6.03 Å². The van der Waals surface area contributed by atoms with E-state index in [1.54, 1.807) is 6.33 Å². The number of aryl methyl sites for hydroxylation is 1. The van der Waals surface area contributed by atoms with E-state index in [-0.39, 0.29) is 6.03 Å². The summed E-state index contributed by atoms with van der Waals surface area (Å²) in [6, 6.07) is 7.39. The maximum atomic E-state index is 12.1. The zero-order valence-corrected chi connectivity index (χ0v) is 17.0. The van der Waals surface area contributed by atoms with Crippen molar-refractivity contribution < 1.29 is 4.79 Å². The van der Waals surface area contributed by atoms with E-state index in [4.69, 9.17) is 0 Å². The molecule has 2 aromatic rings. The van der Waals surface area contributed by atoms with Crippen LogP contribution in [0.2, 0.25) is 0 Å². The van der Waals surface area contributed by atoms with Gasteiger partial charge < -0.3 is 10.6 Å². The Morgan fingerprint density at radius 3 is 2.86 bits per heavy atom. The van der Waals surface area contributed by atoms with Crippen LogP contribution in [0, 0.1) is 13.8 Å². The number of amidine groups is 1. The number of rotatable bonds is 6. The first kappa shape index (κ1) is 20.3. The van der Waals surface area contributed by atoms with Gasteiger partial charge in [0.05, 0.1) is 5.69 Å². The van der Waals surface area contributed by atoms with Gasteiger partial charge in [-0.05, 0) is 56.5 Å². The molecule has 3 N–H and O–H groups in total. The highest BCUT2D eigenvalue weighted by atomic mass is 16.2. The smallest absolute Gasteiger partial charge is 0.324 e. The molecule has 29 heavy (non-hydrogen) atoms. The third kappa shape index (κ3) is 5.75. The molecule has 0 spiro atoms. The molecule has 2 amide bonds. The number of carbonyl (C=O) groups is 1. The minimum absolute atomic E-state index is 0.282. The van der Waals surface area contributed by atoms with Crippen LogP contribution in [-0.4, -0.2) is 28.4 Å². The number of allylic oxidation sites excluding steroid dienone is 1. The quantitative estimate of drug-likeness (QED) is 0.680. The van der Waals surface area contributed by atoms with Gasteiger partial charge in [-0.25, -0.2) is 19.8 Å². The van der Waals surface area contributed by atoms with Crippen LogP contribution in [0.4, 0.5) is 16.3 Å². The summed E-state index contributed by atoms with van der Waals surface area (Å²) in [5.74, 6) is 1.49. The van der Waals surface area contributed by atoms with Crippen molar-refractivity contribution in [3.63, 3.8) is 0 Å². The van der Waals surface area contributed by atoms with Crippen LogP contribution < -0.4 is 16.0 Å². The molecule has 1 aliphatic rings. The lowest BCUT2D eigenvalue weighted by Gasteiger charge is -2.11. The topological polar surface area (TPSA) is 91.3 Å². The highest BCUT2D eigenvalue weighted by Gasteiger charge is 2.13. The third-order valence-electron chi connectivity index (χ3n) is 4.52. The van der Waals surface area contributed by atoms with E-state index in [1.807, 2.05) is 63.4 Å². The monoisotopic (exact) mass is 390 g/mol. The van der Waals surface area contributed by atoms with Gasteiger partial charge in [-0.2, -0.15) is 0 Å². The van der Waals surface area contributed by atoms with Crippen molar-refractivity contribution in [2.45, 2.75) is 33.6 Å². The average Bonchev–Trinajstić information content (AvgIpc) is 3.12. The lowest BCUT2D eigenvalue weighted by atomic mass is 10.1. The molecule has 0 saturated carbocycles. The Balaban J connectivity index is 1.43. The minimum Gasteiger partial charge on any atom is -0.369 e. The number of carbonyl (C=O) groups excluding carboxylic acids is 1. The molecule has 0 atom stereocenters. The number of urea groups is 1. The highest BCUT2D eigenvalue weighted by Crippen LogP contribution is 2.18. The molecule has 3 rings (SSSR count). The lowest BCUT2D eigenvalue weighted by molar-refractivity contribution is 0.256. The molecule has 0 fully saturated rings. The van der Waals surface area contributed by atoms with E-state index in [2.05, 4.69) is 30.9 Å². The number of hydrogen-bond donors (Lipinski definition) is 3. The van der Waals surface area contributed by atoms with Gasteiger partial charge in [-0.3, -0.25) is 5.32 Å². The van der Waals surface area contributed by atoms with Crippen LogP contribution in [0.5, 0.6) is 0 Å². The molecule has 1 aromatic carbocycles. The molecule has 7 heteroatoms. The maximum Gasteiger partial charge on any atom is 0.324 e. The molecule has 0 radical (unpaired) electrons. The lowest BCUT2D eigenvalue weighted by Crippen LogP contribution is -2.33. The Kier molecular flexibility index (Phi) is 6.73. The van der Waals surface area contributed by atoms with E-state index in [0.29, 0.717) is 12.3 Å². The molecule has 0 saturated heterocycles. The highest BCUT2D eigenvalue weighted by molar-refractivity contribution is 6.04. The Labute approximate surface area is 171 Å². The number of benzene rings is 1. The molecule has 0 aliphatic carbocycles. The Bertz CT molecular complexity index is 977. The number of anilines is 2. The van der Waals surface area contributed by atoms with Crippen LogP contribution in [0.15, 0.2) is 53.4 Å². The normalized spacial score (nSPS) is 13.2. The number of aliphatic imine (C=N–C) groups is 1. The van der Waals surface area contributed by atoms with E-state index in [0.717, 1.165) is 46.9 Å². The van der Waals surface area contributed by atoms with Crippen molar-refractivity contribution in [2.75, 3.05) is 17.2 Å². The molecule has 0 unspecified atom stereocenters. The van der Waals surface area contributed by atoms with E-state index in [9.17, 15) is 4.79 Å². The van der Waals surface area contributed by atoms with Gasteiger partial charge in [0, 0.05) is 30.4 Å². The molecule has 1 aliphatic heterocycles. The van der Waals surface area contributed by atoms with Gasteiger partial charge in [0.2, 0.25) is 0 Å². The number of nitrogens with one attached hydrogen (secondary N) is 3. The van der Waals surface area contributed by atoms with Gasteiger partial charge in [0.25, 0.3) is 0 Å². The second-order valence-electron chi connectivity index (χ2n) is 6.90. The first-order chi connectivity index (χ1) is 14.0. The summed E-state index contributed by atoms with van der Waals surface area (Å²) in [4.78, 5) is 25.1. The van der Waals surface area contributed by atoms with E-state index < -0.39 is 0 Å². The number of nitrogens with zero attached hydrogens (tertiary/aromatic N) is 3. The second-order valence-corrected chi connectivity index (χ2v) is 6.90. The molecule has 2 heterocycles. The predicted molar refractivity (Wildman–Crippen MR) is 118 cm³/mol. The van der Waals surface area contributed by atoms with Crippen molar-refractivity contribution >= 4 is 29.4 Å². The van der Waals surface area contributed by atoms with Gasteiger partial charge in [0.1, 0.15) is 18.0 Å². The fourth-order valence-corrected chi connectivity index (χ4v) is 3.03. The van der Waals surface area contributed by atoms with Gasteiger partial charge in [0.15, 0.2) is 0 Å². The summed E-state index contributed by atoms with van der Waals surface area (Å²) in [6.07, 6.45) is 8.77. The Hall–Kier alpha value is -3.48. The van der Waals surface area contributed by atoms with Crippen LogP contribution >= 0.6 is 0 Å². The molecule has 0 bridgehead atoms. The maximum absolute atomic E-state index is 12.1. The van der Waals surface area contributed by atoms with E-state index >= 15 is 0 Å². The number of amides is 2. The van der Waals surface area contributed by atoms with E-state index in [1.165, 1.54) is 0 Å². The number of hydrogen-bond acceptors (Lipinski definition) is 5. The summed E-state index contributed by atoms with van der Waals surface area (Å²) >= 11 is 0. The van der Waals surface area contributed by atoms with Crippen molar-refractivity contribution in [2.24, 2.45) is 4.99 Å². The number of aromatic nitrogens is 2. The SMILES string of the molecule is C/C=C\c1ncnc(NCCC2=CN=C(NC(=O)Nc3cccc(C)c3)C2)c1C. The molecule has 1 aromatic heterocycles. The fourth-order valence-electron chi connectivity index (χ4n) is 3.03. The minimum atomic E-state index is -0.282. The van der Waals surface area contributed by atoms with Crippen LogP contribution in [0.25, 0.3) is 6.08 Å². The molecule has 7 nitrogen and oxygen atoms in total. The third-order valence-corrected chi connectivity index (χ3v) is 4.52. The largest absolute Gasteiger partial charge is 0.369 e. The summed E-state index contributed by atoms with van der Waals surface area (Å²) < 4.78 is 0. The van der Waals surface area contributed by atoms with Crippen molar-refractivity contribution in [1.82, 2.24) is 15.3 Å². The molecular formula is C22H26N6O. The van der Waals surface area contributed by atoms with Crippen LogP contribution in [0.3, 0.4) is 0 Å². The standard InChI is InChI=1S/C22H26N6O/c1-4-6-19-16(3)21(26-14-25-19)23-10-9-17-12-20(24-13-17)28-22(29)27-18-8-5-7-15(2)11-18/h4-8,11,13-14H,9-10,12H2,1-3H3,(H,23,25,26)(H2,24,27,28,29)/b6-4-. The van der Waals surface area contributed by atoms with Crippen LogP contribution in [0.1, 0.15) is 36.6 Å². The first-order valence-electron chi connectivity index (χ1n) is 9.62. The Morgan fingerprint density at radius 1 is 1.21 bits per heavy atom. The van der Waals surface area contributed by atoms with Crippen molar-refractivity contribution in [3.05, 3.63) is 65.3 Å². The first-order valence-corrected chi connectivity index (χ1v) is 9.62. The van der Waals surface area contributed by atoms with Gasteiger partial charge in [-0.1, -0.05) is 18.2 Å². The summed E-state index contributed by atoms with van der Waals surface area (Å²) in [5.41, 5.74) is 4.95. The fraction of sp³-hybridized carbons (Fsp3) is 0.273. The zero-order valence-electron chi connectivity index (χ0n) is 17.0. The van der Waals surface area contributed by atoms with Gasteiger partial charge in [-0.15, -0.1) is 0 Å².